The summed E-state index contributed by atoms with van der Waals surface area (Å²) in [5, 5.41) is 5.22. The normalized spacial score (nSPS) is 10.3. The van der Waals surface area contributed by atoms with E-state index in [1.165, 1.54) is 0 Å². The first-order chi connectivity index (χ1) is 7.16. The average Bonchev–Trinajstić information content (AvgIpc) is 2.20. The lowest BCUT2D eigenvalue weighted by Crippen LogP contribution is -2.36. The molecule has 1 aromatic heterocycles. The molecule has 0 aliphatic rings. The summed E-state index contributed by atoms with van der Waals surface area (Å²) in [6, 6.07) is 8.86. The fourth-order valence-corrected chi connectivity index (χ4v) is 1.58. The first-order valence-electron chi connectivity index (χ1n) is 4.26. The van der Waals surface area contributed by atoms with Crippen molar-refractivity contribution >= 4 is 28.9 Å². The maximum absolute atomic E-state index is 5.99. The van der Waals surface area contributed by atoms with Gasteiger partial charge in [-0.25, -0.2) is 0 Å². The molecule has 2 rings (SSSR count). The van der Waals surface area contributed by atoms with Gasteiger partial charge < -0.3 is 5.73 Å². The number of nitrogens with zero attached hydrogens (tertiary/aromatic N) is 2. The highest BCUT2D eigenvalue weighted by Gasteiger charge is 2.13. The lowest BCUT2D eigenvalue weighted by molar-refractivity contribution is -0.657. The summed E-state index contributed by atoms with van der Waals surface area (Å²) in [4.78, 5) is 0. The van der Waals surface area contributed by atoms with Crippen LogP contribution in [0.25, 0.3) is 5.69 Å². The summed E-state index contributed by atoms with van der Waals surface area (Å²) in [6.07, 6.45) is 1.54. The zero-order valence-corrected chi connectivity index (χ0v) is 9.20. The van der Waals surface area contributed by atoms with Crippen molar-refractivity contribution in [2.24, 2.45) is 0 Å². The quantitative estimate of drug-likeness (QED) is 0.778. The van der Waals surface area contributed by atoms with Crippen LogP contribution in [-0.2, 0) is 0 Å². The molecule has 3 nitrogen and oxygen atoms in total. The predicted molar refractivity (Wildman–Crippen MR) is 60.2 cm³/mol. The lowest BCUT2D eigenvalue weighted by atomic mass is 10.3. The minimum Gasteiger partial charge on any atom is -0.397 e. The van der Waals surface area contributed by atoms with Crippen LogP contribution >= 0.6 is 23.2 Å². The molecule has 0 atom stereocenters. The van der Waals surface area contributed by atoms with E-state index in [-0.39, 0.29) is 0 Å². The van der Waals surface area contributed by atoms with Gasteiger partial charge in [0.05, 0.1) is 11.8 Å². The van der Waals surface area contributed by atoms with E-state index in [4.69, 9.17) is 28.9 Å². The molecule has 76 valence electrons. The van der Waals surface area contributed by atoms with Gasteiger partial charge in [0.15, 0.2) is 0 Å². The summed E-state index contributed by atoms with van der Waals surface area (Å²) in [5.74, 6) is 0. The Labute approximate surface area is 97.1 Å². The van der Waals surface area contributed by atoms with Crippen molar-refractivity contribution in [2.45, 2.75) is 0 Å². The smallest absolute Gasteiger partial charge is 0.309 e. The van der Waals surface area contributed by atoms with Crippen molar-refractivity contribution in [3.05, 3.63) is 46.7 Å². The Morgan fingerprint density at radius 2 is 1.80 bits per heavy atom. The Bertz CT molecular complexity index is 483. The number of anilines is 1. The van der Waals surface area contributed by atoms with Crippen LogP contribution < -0.4 is 10.4 Å². The highest BCUT2D eigenvalue weighted by atomic mass is 35.5. The van der Waals surface area contributed by atoms with Gasteiger partial charge in [-0.1, -0.05) is 11.6 Å². The Kier molecular flexibility index (Phi) is 2.75. The van der Waals surface area contributed by atoms with Crippen LogP contribution in [0.4, 0.5) is 5.69 Å². The minimum atomic E-state index is 0.456. The zero-order chi connectivity index (χ0) is 10.8. The third kappa shape index (κ3) is 2.19. The fourth-order valence-electron chi connectivity index (χ4n) is 1.19. The molecule has 2 N–H and O–H groups in total. The van der Waals surface area contributed by atoms with Crippen LogP contribution in [0, 0.1) is 0 Å². The van der Waals surface area contributed by atoms with E-state index in [2.05, 4.69) is 5.10 Å². The van der Waals surface area contributed by atoms with Gasteiger partial charge >= 0.3 is 5.15 Å². The molecule has 1 aromatic carbocycles. The van der Waals surface area contributed by atoms with Gasteiger partial charge in [-0.2, -0.15) is 0 Å². The molecule has 5 heteroatoms. The number of hydrogen-bond donors (Lipinski definition) is 1. The van der Waals surface area contributed by atoms with Crippen LogP contribution in [0.5, 0.6) is 0 Å². The highest BCUT2D eigenvalue weighted by molar-refractivity contribution is 6.30. The standard InChI is InChI=1S/C10H7Cl2N3/c11-7-1-3-9(4-2-7)15-10(12)5-8(13)6-14-15/h1-6,13H/p+1. The van der Waals surface area contributed by atoms with Crippen molar-refractivity contribution in [2.75, 3.05) is 5.73 Å². The van der Waals surface area contributed by atoms with Crippen molar-refractivity contribution in [3.8, 4) is 5.69 Å². The molecule has 0 aliphatic heterocycles. The van der Waals surface area contributed by atoms with E-state index in [9.17, 15) is 0 Å². The van der Waals surface area contributed by atoms with Gasteiger partial charge in [0.25, 0.3) is 0 Å². The maximum Gasteiger partial charge on any atom is 0.309 e. The van der Waals surface area contributed by atoms with Gasteiger partial charge in [-0.3, -0.25) is 0 Å². The molecule has 0 unspecified atom stereocenters. The largest absolute Gasteiger partial charge is 0.397 e. The van der Waals surface area contributed by atoms with Crippen LogP contribution in [0.2, 0.25) is 10.2 Å². The number of benzene rings is 1. The maximum atomic E-state index is 5.99. The van der Waals surface area contributed by atoms with E-state index in [1.807, 2.05) is 12.1 Å². The summed E-state index contributed by atoms with van der Waals surface area (Å²) in [7, 11) is 0. The number of rotatable bonds is 1. The number of halogens is 2. The van der Waals surface area contributed by atoms with Gasteiger partial charge in [-0.05, 0) is 28.4 Å². The van der Waals surface area contributed by atoms with Crippen molar-refractivity contribution in [1.82, 2.24) is 5.10 Å². The van der Waals surface area contributed by atoms with E-state index >= 15 is 0 Å². The van der Waals surface area contributed by atoms with Crippen molar-refractivity contribution in [3.63, 3.8) is 0 Å². The third-order valence-electron chi connectivity index (χ3n) is 1.88. The Morgan fingerprint density at radius 3 is 2.40 bits per heavy atom. The number of aromatic nitrogens is 2. The van der Waals surface area contributed by atoms with E-state index < -0.39 is 0 Å². The van der Waals surface area contributed by atoms with Gasteiger partial charge in [0.2, 0.25) is 5.69 Å². The Hall–Kier alpha value is -1.32. The molecule has 15 heavy (non-hydrogen) atoms. The Balaban J connectivity index is 2.49. The van der Waals surface area contributed by atoms with Crippen LogP contribution in [0.15, 0.2) is 36.5 Å². The van der Waals surface area contributed by atoms with Crippen LogP contribution in [0.3, 0.4) is 0 Å². The molecular weight excluding hydrogens is 233 g/mol. The summed E-state index contributed by atoms with van der Waals surface area (Å²) in [6.45, 7) is 0. The SMILES string of the molecule is Nc1cn[n+](-c2ccc(Cl)cc2)c(Cl)c1. The van der Waals surface area contributed by atoms with Crippen LogP contribution in [-0.4, -0.2) is 5.10 Å². The zero-order valence-electron chi connectivity index (χ0n) is 7.69. The molecule has 0 radical (unpaired) electrons. The van der Waals surface area contributed by atoms with Gasteiger partial charge in [0.1, 0.15) is 6.20 Å². The van der Waals surface area contributed by atoms with Gasteiger partial charge in [-0.15, -0.1) is 0 Å². The third-order valence-corrected chi connectivity index (χ3v) is 2.40. The van der Waals surface area contributed by atoms with Crippen molar-refractivity contribution in [1.29, 1.82) is 0 Å². The number of nitrogens with two attached hydrogens (primary N) is 1. The molecular formula is C10H8Cl2N3+. The van der Waals surface area contributed by atoms with Crippen LogP contribution in [0.1, 0.15) is 0 Å². The molecule has 2 aromatic rings. The van der Waals surface area contributed by atoms with Crippen molar-refractivity contribution < 1.29 is 4.68 Å². The molecule has 0 fully saturated rings. The summed E-state index contributed by atoms with van der Waals surface area (Å²) in [5.41, 5.74) is 6.92. The topological polar surface area (TPSA) is 42.8 Å². The predicted octanol–water partition coefficient (Wildman–Crippen LogP) is 2.25. The van der Waals surface area contributed by atoms with Gasteiger partial charge in [0, 0.05) is 22.3 Å². The fraction of sp³-hybridized carbons (Fsp3) is 0. The second kappa shape index (κ2) is 4.04. The van der Waals surface area contributed by atoms with E-state index in [0.717, 1.165) is 5.69 Å². The molecule has 0 saturated heterocycles. The monoisotopic (exact) mass is 240 g/mol. The first kappa shape index (κ1) is 10.2. The van der Waals surface area contributed by atoms with E-state index in [1.54, 1.807) is 29.1 Å². The molecule has 0 amide bonds. The summed E-state index contributed by atoms with van der Waals surface area (Å²) < 4.78 is 1.58. The minimum absolute atomic E-state index is 0.456. The molecule has 0 spiro atoms. The second-order valence-corrected chi connectivity index (χ2v) is 3.82. The molecule has 1 heterocycles. The highest BCUT2D eigenvalue weighted by Crippen LogP contribution is 2.12. The second-order valence-electron chi connectivity index (χ2n) is 3.00. The molecule has 0 saturated carbocycles. The number of hydrogen-bond acceptors (Lipinski definition) is 2. The number of nitrogen functional groups attached to an aromatic ring is 1. The molecule has 0 bridgehead atoms. The lowest BCUT2D eigenvalue weighted by Gasteiger charge is -1.96. The van der Waals surface area contributed by atoms with E-state index in [0.29, 0.717) is 15.9 Å². The summed E-state index contributed by atoms with van der Waals surface area (Å²) >= 11 is 11.8. The average molecular weight is 241 g/mol. The Morgan fingerprint density at radius 1 is 1.13 bits per heavy atom. The first-order valence-corrected chi connectivity index (χ1v) is 5.02. The molecule has 0 aliphatic carbocycles.